The smallest absolute Gasteiger partial charge is 0.244 e. The van der Waals surface area contributed by atoms with Crippen LogP contribution in [0.1, 0.15) is 38.3 Å². The van der Waals surface area contributed by atoms with Crippen molar-refractivity contribution in [3.63, 3.8) is 0 Å². The van der Waals surface area contributed by atoms with E-state index in [0.717, 1.165) is 25.7 Å². The Bertz CT molecular complexity index is 581. The first-order valence-electron chi connectivity index (χ1n) is 7.05. The number of aromatic nitrogens is 2. The Labute approximate surface area is 120 Å². The van der Waals surface area contributed by atoms with Crippen molar-refractivity contribution < 1.29 is 8.42 Å². The van der Waals surface area contributed by atoms with E-state index in [2.05, 4.69) is 16.7 Å². The summed E-state index contributed by atoms with van der Waals surface area (Å²) in [5.74, 6) is 0.244. The monoisotopic (exact) mass is 300 g/mol. The van der Waals surface area contributed by atoms with Crippen LogP contribution in [0.5, 0.6) is 0 Å². The third-order valence-corrected chi connectivity index (χ3v) is 6.29. The highest BCUT2D eigenvalue weighted by Gasteiger charge is 2.41. The normalized spacial score (nSPS) is 27.7. The van der Waals surface area contributed by atoms with Gasteiger partial charge < -0.3 is 5.73 Å². The van der Waals surface area contributed by atoms with Gasteiger partial charge in [0, 0.05) is 19.1 Å². The lowest BCUT2D eigenvalue weighted by Crippen LogP contribution is -2.59. The Morgan fingerprint density at radius 3 is 2.75 bits per heavy atom. The molecule has 2 rings (SSSR count). The van der Waals surface area contributed by atoms with E-state index in [1.165, 1.54) is 6.20 Å². The molecule has 0 amide bonds. The van der Waals surface area contributed by atoms with Crippen LogP contribution in [0.3, 0.4) is 0 Å². The zero-order chi connectivity index (χ0) is 15.0. The highest BCUT2D eigenvalue weighted by molar-refractivity contribution is 7.89. The van der Waals surface area contributed by atoms with E-state index >= 15 is 0 Å². The number of hydrogen-bond acceptors (Lipinski definition) is 4. The average Bonchev–Trinajstić information content (AvgIpc) is 2.73. The molecule has 0 aliphatic heterocycles. The molecule has 1 saturated carbocycles. The van der Waals surface area contributed by atoms with E-state index in [1.807, 2.05) is 0 Å². The Balaban J connectivity index is 2.33. The molecule has 1 aromatic heterocycles. The van der Waals surface area contributed by atoms with Crippen molar-refractivity contribution in [2.75, 3.05) is 6.54 Å². The fraction of sp³-hybridized carbons (Fsp3) is 0.769. The Hall–Kier alpha value is -0.920. The predicted octanol–water partition coefficient (Wildman–Crippen LogP) is 0.914. The van der Waals surface area contributed by atoms with Gasteiger partial charge in [-0.05, 0) is 25.7 Å². The van der Waals surface area contributed by atoms with Crippen LogP contribution in [0.15, 0.2) is 11.1 Å². The maximum absolute atomic E-state index is 12.6. The highest BCUT2D eigenvalue weighted by atomic mass is 32.2. The lowest BCUT2D eigenvalue weighted by molar-refractivity contribution is 0.191. The molecule has 1 fully saturated rings. The Morgan fingerprint density at radius 2 is 2.25 bits per heavy atom. The van der Waals surface area contributed by atoms with Crippen molar-refractivity contribution >= 4 is 10.0 Å². The number of nitrogens with one attached hydrogen (secondary N) is 1. The summed E-state index contributed by atoms with van der Waals surface area (Å²) in [5, 5.41) is 4.01. The van der Waals surface area contributed by atoms with E-state index < -0.39 is 15.6 Å². The van der Waals surface area contributed by atoms with Crippen molar-refractivity contribution in [3.05, 3.63) is 11.9 Å². The van der Waals surface area contributed by atoms with Crippen molar-refractivity contribution in [3.8, 4) is 0 Å². The third-order valence-electron chi connectivity index (χ3n) is 4.63. The van der Waals surface area contributed by atoms with Crippen molar-refractivity contribution in [2.24, 2.45) is 18.7 Å². The molecule has 1 aliphatic carbocycles. The maximum atomic E-state index is 12.6. The molecule has 0 radical (unpaired) electrons. The minimum absolute atomic E-state index is 0.241. The van der Waals surface area contributed by atoms with E-state index in [9.17, 15) is 8.42 Å². The minimum atomic E-state index is -3.59. The second-order valence-corrected chi connectivity index (χ2v) is 7.48. The molecular formula is C13H24N4O2S. The fourth-order valence-corrected chi connectivity index (χ4v) is 4.71. The van der Waals surface area contributed by atoms with Gasteiger partial charge in [-0.1, -0.05) is 19.8 Å². The van der Waals surface area contributed by atoms with Crippen LogP contribution in [-0.4, -0.2) is 30.3 Å². The van der Waals surface area contributed by atoms with Gasteiger partial charge in [-0.2, -0.15) is 5.10 Å². The number of aryl methyl sites for hydroxylation is 1. The van der Waals surface area contributed by atoms with Gasteiger partial charge in [-0.25, -0.2) is 13.1 Å². The van der Waals surface area contributed by atoms with Gasteiger partial charge in [0.05, 0.1) is 11.9 Å². The van der Waals surface area contributed by atoms with Gasteiger partial charge >= 0.3 is 0 Å². The molecule has 0 spiro atoms. The van der Waals surface area contributed by atoms with Crippen LogP contribution in [0.4, 0.5) is 0 Å². The van der Waals surface area contributed by atoms with Crippen molar-refractivity contribution in [1.82, 2.24) is 14.5 Å². The van der Waals surface area contributed by atoms with E-state index in [-0.39, 0.29) is 10.8 Å². The topological polar surface area (TPSA) is 90.0 Å². The summed E-state index contributed by atoms with van der Waals surface area (Å²) in [6.07, 6.45) is 5.34. The molecule has 0 saturated heterocycles. The fourth-order valence-electron chi connectivity index (χ4n) is 2.98. The summed E-state index contributed by atoms with van der Waals surface area (Å²) in [5.41, 5.74) is 6.01. The van der Waals surface area contributed by atoms with Gasteiger partial charge in [0.25, 0.3) is 0 Å². The number of nitrogens with zero attached hydrogens (tertiary/aromatic N) is 2. The Kier molecular flexibility index (Phi) is 4.22. The molecule has 2 unspecified atom stereocenters. The molecule has 6 nitrogen and oxygen atoms in total. The summed E-state index contributed by atoms with van der Waals surface area (Å²) >= 11 is 0. The summed E-state index contributed by atoms with van der Waals surface area (Å²) < 4.78 is 29.7. The van der Waals surface area contributed by atoms with Crippen LogP contribution in [-0.2, 0) is 17.1 Å². The van der Waals surface area contributed by atoms with Crippen LogP contribution >= 0.6 is 0 Å². The Morgan fingerprint density at radius 1 is 1.55 bits per heavy atom. The van der Waals surface area contributed by atoms with Gasteiger partial charge in [-0.3, -0.25) is 4.68 Å². The van der Waals surface area contributed by atoms with Crippen LogP contribution in [0.2, 0.25) is 0 Å². The summed E-state index contributed by atoms with van der Waals surface area (Å²) in [6, 6.07) is 0. The third kappa shape index (κ3) is 2.62. The molecule has 3 N–H and O–H groups in total. The van der Waals surface area contributed by atoms with Gasteiger partial charge in [-0.15, -0.1) is 0 Å². The summed E-state index contributed by atoms with van der Waals surface area (Å²) in [6.45, 7) is 4.15. The quantitative estimate of drug-likeness (QED) is 0.865. The molecular weight excluding hydrogens is 276 g/mol. The van der Waals surface area contributed by atoms with Crippen LogP contribution < -0.4 is 10.5 Å². The van der Waals surface area contributed by atoms with Gasteiger partial charge in [0.1, 0.15) is 4.90 Å². The first-order valence-corrected chi connectivity index (χ1v) is 8.53. The first-order chi connectivity index (χ1) is 9.32. The average molecular weight is 300 g/mol. The van der Waals surface area contributed by atoms with Gasteiger partial charge in [0.15, 0.2) is 0 Å². The second-order valence-electron chi connectivity index (χ2n) is 5.83. The number of nitrogens with two attached hydrogens (primary N) is 1. The first kappa shape index (κ1) is 15.5. The zero-order valence-electron chi connectivity index (χ0n) is 12.4. The van der Waals surface area contributed by atoms with Crippen molar-refractivity contribution in [1.29, 1.82) is 0 Å². The molecule has 2 atom stereocenters. The molecule has 20 heavy (non-hydrogen) atoms. The van der Waals surface area contributed by atoms with E-state index in [0.29, 0.717) is 12.2 Å². The molecule has 0 bridgehead atoms. The molecule has 7 heteroatoms. The molecule has 1 aliphatic rings. The summed E-state index contributed by atoms with van der Waals surface area (Å²) in [7, 11) is -1.85. The minimum Gasteiger partial charge on any atom is -0.329 e. The SMILES string of the molecule is Cc1c(S(=O)(=O)NC2(CN)CCCCC2C)cnn1C. The van der Waals surface area contributed by atoms with Crippen molar-refractivity contribution in [2.45, 2.75) is 50.0 Å². The van der Waals surface area contributed by atoms with E-state index in [4.69, 9.17) is 5.73 Å². The van der Waals surface area contributed by atoms with Crippen LogP contribution in [0.25, 0.3) is 0 Å². The highest BCUT2D eigenvalue weighted by Crippen LogP contribution is 2.34. The van der Waals surface area contributed by atoms with Gasteiger partial charge in [0.2, 0.25) is 10.0 Å². The summed E-state index contributed by atoms with van der Waals surface area (Å²) in [4.78, 5) is 0.241. The zero-order valence-corrected chi connectivity index (χ0v) is 13.2. The number of rotatable bonds is 4. The predicted molar refractivity (Wildman–Crippen MR) is 77.7 cm³/mol. The largest absolute Gasteiger partial charge is 0.329 e. The molecule has 1 heterocycles. The lowest BCUT2D eigenvalue weighted by Gasteiger charge is -2.42. The maximum Gasteiger partial charge on any atom is 0.244 e. The van der Waals surface area contributed by atoms with Crippen LogP contribution in [0, 0.1) is 12.8 Å². The molecule has 0 aromatic carbocycles. The second kappa shape index (κ2) is 5.46. The molecule has 1 aromatic rings. The lowest BCUT2D eigenvalue weighted by atomic mass is 9.74. The molecule has 114 valence electrons. The number of hydrogen-bond donors (Lipinski definition) is 2. The van der Waals surface area contributed by atoms with E-state index in [1.54, 1.807) is 18.7 Å². The number of sulfonamides is 1. The standard InChI is InChI=1S/C13H24N4O2S/c1-10-6-4-5-7-13(10,9-14)16-20(18,19)12-8-15-17(3)11(12)2/h8,10,16H,4-7,9,14H2,1-3H3.